The first-order chi connectivity index (χ1) is 19.4. The Kier molecular flexibility index (Phi) is 7.17. The summed E-state index contributed by atoms with van der Waals surface area (Å²) in [4.78, 5) is 47.0. The predicted octanol–water partition coefficient (Wildman–Crippen LogP) is 3.38. The molecule has 0 aliphatic carbocycles. The van der Waals surface area contributed by atoms with Crippen LogP contribution < -0.4 is 20.4 Å². The Morgan fingerprint density at radius 3 is 2.77 bits per heavy atom. The number of piperidine rings is 1. The molecule has 13 nitrogen and oxygen atoms in total. The number of rotatable bonds is 6. The van der Waals surface area contributed by atoms with Gasteiger partial charge in [-0.2, -0.15) is 4.98 Å². The molecule has 0 spiro atoms. The van der Waals surface area contributed by atoms with E-state index in [4.69, 9.17) is 19.1 Å². The minimum absolute atomic E-state index is 0.123. The standard InChI is InChI=1S/C26H28N8O5S/c1-15-11-16(4-5-27-15)24-30-19(14-39-24)23(35)29-18-12-20-21(32-25(40-20)33-7-9-38-10-8-33)31-22(18)34-6-2-3-17(13-34)28-26(36)37/h4-5,11-12,14,17,28H,2-3,6-10,13H2,1H3,(H,29,35)(H,36,37). The van der Waals surface area contributed by atoms with Gasteiger partial charge in [0.2, 0.25) is 5.89 Å². The molecule has 2 amide bonds. The molecule has 2 aliphatic heterocycles. The number of hydrogen-bond acceptors (Lipinski definition) is 11. The Balaban J connectivity index is 1.32. The minimum atomic E-state index is -1.07. The lowest BCUT2D eigenvalue weighted by atomic mass is 10.1. The summed E-state index contributed by atoms with van der Waals surface area (Å²) < 4.78 is 11.9. The molecular weight excluding hydrogens is 536 g/mol. The maximum Gasteiger partial charge on any atom is 0.404 e. The molecule has 208 valence electrons. The third kappa shape index (κ3) is 5.53. The zero-order chi connectivity index (χ0) is 27.6. The molecular formula is C26H28N8O5S. The molecule has 3 N–H and O–H groups in total. The quantitative estimate of drug-likeness (QED) is 0.315. The van der Waals surface area contributed by atoms with Crippen LogP contribution >= 0.6 is 11.3 Å². The Morgan fingerprint density at radius 2 is 1.98 bits per heavy atom. The molecule has 0 aromatic carbocycles. The number of thiazole rings is 1. The molecule has 6 rings (SSSR count). The van der Waals surface area contributed by atoms with Crippen molar-refractivity contribution in [3.8, 4) is 11.5 Å². The van der Waals surface area contributed by atoms with Crippen LogP contribution in [0.3, 0.4) is 0 Å². The first kappa shape index (κ1) is 26.0. The molecule has 4 aromatic rings. The van der Waals surface area contributed by atoms with Crippen molar-refractivity contribution < 1.29 is 23.8 Å². The molecule has 1 unspecified atom stereocenters. The van der Waals surface area contributed by atoms with E-state index in [1.165, 1.54) is 17.6 Å². The van der Waals surface area contributed by atoms with Gasteiger partial charge >= 0.3 is 6.09 Å². The van der Waals surface area contributed by atoms with E-state index in [-0.39, 0.29) is 11.7 Å². The van der Waals surface area contributed by atoms with Crippen molar-refractivity contribution in [2.24, 2.45) is 0 Å². The van der Waals surface area contributed by atoms with Gasteiger partial charge in [0, 0.05) is 49.7 Å². The van der Waals surface area contributed by atoms with Crippen LogP contribution in [-0.2, 0) is 4.74 Å². The van der Waals surface area contributed by atoms with Crippen LogP contribution in [0.4, 0.5) is 21.4 Å². The maximum atomic E-state index is 13.3. The van der Waals surface area contributed by atoms with Gasteiger partial charge in [-0.05, 0) is 38.0 Å². The second-order valence-electron chi connectivity index (χ2n) is 9.69. The highest BCUT2D eigenvalue weighted by Gasteiger charge is 2.27. The highest BCUT2D eigenvalue weighted by atomic mass is 32.1. The van der Waals surface area contributed by atoms with Crippen LogP contribution in [0.15, 0.2) is 35.1 Å². The van der Waals surface area contributed by atoms with Crippen molar-refractivity contribution in [1.29, 1.82) is 0 Å². The van der Waals surface area contributed by atoms with Gasteiger partial charge in [0.25, 0.3) is 5.91 Å². The number of aromatic nitrogens is 4. The Morgan fingerprint density at radius 1 is 1.12 bits per heavy atom. The average Bonchev–Trinajstić information content (AvgIpc) is 3.61. The van der Waals surface area contributed by atoms with Gasteiger partial charge in [-0.1, -0.05) is 11.3 Å². The van der Waals surface area contributed by atoms with E-state index < -0.39 is 12.0 Å². The van der Waals surface area contributed by atoms with Crippen molar-refractivity contribution in [2.75, 3.05) is 54.5 Å². The summed E-state index contributed by atoms with van der Waals surface area (Å²) in [5.41, 5.74) is 2.72. The second kappa shape index (κ2) is 11.1. The monoisotopic (exact) mass is 564 g/mol. The van der Waals surface area contributed by atoms with Crippen molar-refractivity contribution in [2.45, 2.75) is 25.8 Å². The zero-order valence-corrected chi connectivity index (χ0v) is 22.6. The van der Waals surface area contributed by atoms with Gasteiger partial charge in [0.15, 0.2) is 22.3 Å². The third-order valence-electron chi connectivity index (χ3n) is 6.81. The number of carbonyl (C=O) groups is 2. The van der Waals surface area contributed by atoms with E-state index in [1.807, 2.05) is 24.0 Å². The summed E-state index contributed by atoms with van der Waals surface area (Å²) in [6.45, 7) is 5.72. The van der Waals surface area contributed by atoms with E-state index >= 15 is 0 Å². The average molecular weight is 565 g/mol. The number of amides is 2. The first-order valence-corrected chi connectivity index (χ1v) is 13.8. The molecule has 4 aromatic heterocycles. The Labute approximate surface area is 233 Å². The summed E-state index contributed by atoms with van der Waals surface area (Å²) in [6, 6.07) is 5.22. The highest BCUT2D eigenvalue weighted by Crippen LogP contribution is 2.36. The predicted molar refractivity (Wildman–Crippen MR) is 149 cm³/mol. The number of fused-ring (bicyclic) bond motifs is 1. The topological polar surface area (TPSA) is 159 Å². The molecule has 40 heavy (non-hydrogen) atoms. The summed E-state index contributed by atoms with van der Waals surface area (Å²) in [5, 5.41) is 15.6. The summed E-state index contributed by atoms with van der Waals surface area (Å²) in [5.74, 6) is 0.407. The van der Waals surface area contributed by atoms with Crippen LogP contribution in [0.5, 0.6) is 0 Å². The van der Waals surface area contributed by atoms with Crippen LogP contribution in [0.1, 0.15) is 29.0 Å². The summed E-state index contributed by atoms with van der Waals surface area (Å²) >= 11 is 1.50. The van der Waals surface area contributed by atoms with Crippen LogP contribution in [0.25, 0.3) is 21.8 Å². The largest absolute Gasteiger partial charge is 0.465 e. The van der Waals surface area contributed by atoms with E-state index in [2.05, 4.69) is 25.5 Å². The number of oxazole rings is 1. The van der Waals surface area contributed by atoms with E-state index in [0.29, 0.717) is 49.3 Å². The van der Waals surface area contributed by atoms with Crippen LogP contribution in [-0.4, -0.2) is 82.5 Å². The van der Waals surface area contributed by atoms with Gasteiger partial charge in [-0.15, -0.1) is 0 Å². The zero-order valence-electron chi connectivity index (χ0n) is 21.8. The number of anilines is 3. The summed E-state index contributed by atoms with van der Waals surface area (Å²) in [6.07, 6.45) is 3.41. The Bertz CT molecular complexity index is 1550. The third-order valence-corrected chi connectivity index (χ3v) is 7.86. The highest BCUT2D eigenvalue weighted by molar-refractivity contribution is 7.22. The number of ether oxygens (including phenoxy) is 1. The number of carbonyl (C=O) groups excluding carboxylic acids is 1. The molecule has 0 radical (unpaired) electrons. The number of nitrogens with one attached hydrogen (secondary N) is 2. The van der Waals surface area contributed by atoms with Crippen molar-refractivity contribution >= 4 is 50.3 Å². The fraction of sp³-hybridized carbons (Fsp3) is 0.385. The molecule has 0 bridgehead atoms. The normalized spacial score (nSPS) is 17.7. The van der Waals surface area contributed by atoms with Gasteiger partial charge in [-0.3, -0.25) is 9.78 Å². The molecule has 2 saturated heterocycles. The van der Waals surface area contributed by atoms with Gasteiger partial charge in [0.1, 0.15) is 6.26 Å². The minimum Gasteiger partial charge on any atom is -0.465 e. The molecule has 1 atom stereocenters. The number of morpholine rings is 1. The Hall–Kier alpha value is -4.30. The molecule has 6 heterocycles. The van der Waals surface area contributed by atoms with Gasteiger partial charge < -0.3 is 34.7 Å². The van der Waals surface area contributed by atoms with Gasteiger partial charge in [0.05, 0.1) is 23.6 Å². The smallest absolute Gasteiger partial charge is 0.404 e. The molecule has 2 aliphatic rings. The number of carboxylic acid groups (broad SMARTS) is 1. The van der Waals surface area contributed by atoms with Crippen LogP contribution in [0.2, 0.25) is 0 Å². The van der Waals surface area contributed by atoms with Gasteiger partial charge in [-0.25, -0.2) is 14.8 Å². The molecule has 14 heteroatoms. The van der Waals surface area contributed by atoms with Crippen molar-refractivity contribution in [3.05, 3.63) is 42.0 Å². The van der Waals surface area contributed by atoms with Crippen molar-refractivity contribution in [1.82, 2.24) is 25.3 Å². The van der Waals surface area contributed by atoms with E-state index in [0.717, 1.165) is 47.0 Å². The SMILES string of the molecule is Cc1cc(-c2nc(C(=O)Nc3cc4sc(N5CCOCC5)nc4nc3N3CCCC(NC(=O)O)C3)co2)ccn1. The number of hydrogen-bond donors (Lipinski definition) is 3. The fourth-order valence-electron chi connectivity index (χ4n) is 4.90. The summed E-state index contributed by atoms with van der Waals surface area (Å²) in [7, 11) is 0. The second-order valence-corrected chi connectivity index (χ2v) is 10.7. The number of nitrogens with zero attached hydrogens (tertiary/aromatic N) is 6. The molecule has 2 fully saturated rings. The lowest BCUT2D eigenvalue weighted by Gasteiger charge is -2.34. The first-order valence-electron chi connectivity index (χ1n) is 13.0. The molecule has 0 saturated carbocycles. The van der Waals surface area contributed by atoms with Crippen molar-refractivity contribution in [3.63, 3.8) is 0 Å². The maximum absolute atomic E-state index is 13.3. The lowest BCUT2D eigenvalue weighted by Crippen LogP contribution is -2.47. The van der Waals surface area contributed by atoms with E-state index in [9.17, 15) is 14.7 Å². The number of pyridine rings is 2. The fourth-order valence-corrected chi connectivity index (χ4v) is 5.90. The van der Waals surface area contributed by atoms with E-state index in [1.54, 1.807) is 12.3 Å². The lowest BCUT2D eigenvalue weighted by molar-refractivity contribution is 0.102. The number of aryl methyl sites for hydroxylation is 1. The van der Waals surface area contributed by atoms with Crippen LogP contribution in [0, 0.1) is 6.92 Å².